The Balaban J connectivity index is 1.70. The molecule has 0 radical (unpaired) electrons. The largest absolute Gasteiger partial charge is 0.444 e. The van der Waals surface area contributed by atoms with Gasteiger partial charge in [-0.15, -0.1) is 0 Å². The Morgan fingerprint density at radius 1 is 1.15 bits per heavy atom. The van der Waals surface area contributed by atoms with Crippen LogP contribution < -0.4 is 5.32 Å². The predicted molar refractivity (Wildman–Crippen MR) is 93.0 cm³/mol. The number of hydrogen-bond donors (Lipinski definition) is 1. The van der Waals surface area contributed by atoms with E-state index in [-0.39, 0.29) is 17.2 Å². The van der Waals surface area contributed by atoms with Crippen molar-refractivity contribution in [2.75, 3.05) is 13.1 Å². The van der Waals surface area contributed by atoms with Crippen molar-refractivity contribution in [3.05, 3.63) is 35.4 Å². The summed E-state index contributed by atoms with van der Waals surface area (Å²) >= 11 is 0. The zero-order valence-corrected chi connectivity index (χ0v) is 15.2. The molecule has 1 spiro atoms. The number of hydrazine groups is 1. The number of nitrogens with zero attached hydrogens (tertiary/aromatic N) is 2. The molecular formula is C19H23N3O4. The highest BCUT2D eigenvalue weighted by Gasteiger charge is 2.56. The highest BCUT2D eigenvalue weighted by atomic mass is 16.6. The molecule has 26 heavy (non-hydrogen) atoms. The Labute approximate surface area is 152 Å². The maximum Gasteiger partial charge on any atom is 0.408 e. The monoisotopic (exact) mass is 357 g/mol. The Bertz CT molecular complexity index is 794. The highest BCUT2D eigenvalue weighted by molar-refractivity contribution is 6.02. The van der Waals surface area contributed by atoms with Crippen LogP contribution >= 0.6 is 0 Å². The maximum atomic E-state index is 13.2. The molecule has 2 heterocycles. The van der Waals surface area contributed by atoms with Gasteiger partial charge in [0, 0.05) is 11.0 Å². The minimum Gasteiger partial charge on any atom is -0.444 e. The summed E-state index contributed by atoms with van der Waals surface area (Å²) in [5, 5.41) is 5.73. The molecule has 1 aliphatic carbocycles. The first kappa shape index (κ1) is 16.9. The van der Waals surface area contributed by atoms with Crippen LogP contribution in [0.4, 0.5) is 4.79 Å². The average molecular weight is 357 g/mol. The maximum absolute atomic E-state index is 13.2. The van der Waals surface area contributed by atoms with E-state index in [1.54, 1.807) is 50.0 Å². The molecule has 3 amide bonds. The quantitative estimate of drug-likeness (QED) is 0.836. The van der Waals surface area contributed by atoms with Crippen molar-refractivity contribution >= 4 is 17.9 Å². The number of alkyl carbamates (subject to hydrolysis) is 1. The SMILES string of the molecule is CC(C)(C)OC(=O)N[C@@H]1C(=O)N2CC3(CC3)CN2C(=O)c2ccccc21. The fraction of sp³-hybridized carbons (Fsp3) is 0.526. The van der Waals surface area contributed by atoms with E-state index in [4.69, 9.17) is 4.74 Å². The van der Waals surface area contributed by atoms with Crippen LogP contribution in [0.25, 0.3) is 0 Å². The summed E-state index contributed by atoms with van der Waals surface area (Å²) in [5.41, 5.74) is 0.314. The molecule has 0 aromatic heterocycles. The van der Waals surface area contributed by atoms with Crippen molar-refractivity contribution in [3.8, 4) is 0 Å². The lowest BCUT2D eigenvalue weighted by Gasteiger charge is -2.28. The first-order valence-corrected chi connectivity index (χ1v) is 8.91. The predicted octanol–water partition coefficient (Wildman–Crippen LogP) is 2.25. The summed E-state index contributed by atoms with van der Waals surface area (Å²) < 4.78 is 5.32. The lowest BCUT2D eigenvalue weighted by molar-refractivity contribution is -0.142. The van der Waals surface area contributed by atoms with Gasteiger partial charge in [0.1, 0.15) is 11.6 Å². The summed E-state index contributed by atoms with van der Waals surface area (Å²) in [6.45, 7) is 6.37. The molecule has 1 atom stereocenters. The van der Waals surface area contributed by atoms with Crippen molar-refractivity contribution in [1.29, 1.82) is 0 Å². The zero-order valence-electron chi connectivity index (χ0n) is 15.2. The topological polar surface area (TPSA) is 79.0 Å². The molecular weight excluding hydrogens is 334 g/mol. The van der Waals surface area contributed by atoms with Gasteiger partial charge in [0.2, 0.25) is 0 Å². The molecule has 0 bridgehead atoms. The first-order valence-electron chi connectivity index (χ1n) is 8.91. The van der Waals surface area contributed by atoms with Gasteiger partial charge < -0.3 is 10.1 Å². The smallest absolute Gasteiger partial charge is 0.408 e. The number of amides is 3. The Morgan fingerprint density at radius 2 is 1.81 bits per heavy atom. The second-order valence-corrected chi connectivity index (χ2v) is 8.43. The summed E-state index contributed by atoms with van der Waals surface area (Å²) in [7, 11) is 0. The summed E-state index contributed by atoms with van der Waals surface area (Å²) in [4.78, 5) is 38.5. The molecule has 4 rings (SSSR count). The molecule has 7 heteroatoms. The van der Waals surface area contributed by atoms with E-state index >= 15 is 0 Å². The van der Waals surface area contributed by atoms with Gasteiger partial charge in [0.05, 0.1) is 13.1 Å². The van der Waals surface area contributed by atoms with Crippen LogP contribution in [0, 0.1) is 5.41 Å². The van der Waals surface area contributed by atoms with Crippen LogP contribution in [-0.2, 0) is 9.53 Å². The molecule has 0 unspecified atom stereocenters. The Kier molecular flexibility index (Phi) is 3.54. The van der Waals surface area contributed by atoms with Crippen LogP contribution in [-0.4, -0.2) is 46.6 Å². The number of benzene rings is 1. The minimum absolute atomic E-state index is 0.0358. The van der Waals surface area contributed by atoms with E-state index in [1.165, 1.54) is 5.01 Å². The van der Waals surface area contributed by atoms with E-state index < -0.39 is 17.7 Å². The zero-order chi connectivity index (χ0) is 18.7. The van der Waals surface area contributed by atoms with Gasteiger partial charge in [-0.2, -0.15) is 0 Å². The molecule has 2 fully saturated rings. The number of nitrogens with one attached hydrogen (secondary N) is 1. The van der Waals surface area contributed by atoms with Crippen LogP contribution in [0.3, 0.4) is 0 Å². The van der Waals surface area contributed by atoms with Gasteiger partial charge in [-0.25, -0.2) is 14.8 Å². The number of fused-ring (bicyclic) bond motifs is 2. The second kappa shape index (κ2) is 5.46. The molecule has 2 aliphatic heterocycles. The Morgan fingerprint density at radius 3 is 2.46 bits per heavy atom. The number of carbonyl (C=O) groups is 3. The van der Waals surface area contributed by atoms with Gasteiger partial charge in [0.15, 0.2) is 0 Å². The first-order chi connectivity index (χ1) is 12.2. The van der Waals surface area contributed by atoms with E-state index in [0.29, 0.717) is 24.2 Å². The second-order valence-electron chi connectivity index (χ2n) is 8.43. The van der Waals surface area contributed by atoms with Crippen LogP contribution in [0.15, 0.2) is 24.3 Å². The fourth-order valence-corrected chi connectivity index (χ4v) is 3.66. The molecule has 1 aromatic rings. The normalized spacial score (nSPS) is 23.4. The van der Waals surface area contributed by atoms with E-state index in [9.17, 15) is 14.4 Å². The number of hydrogen-bond acceptors (Lipinski definition) is 4. The number of carbonyl (C=O) groups excluding carboxylic acids is 3. The van der Waals surface area contributed by atoms with Crippen LogP contribution in [0.1, 0.15) is 55.6 Å². The third kappa shape index (κ3) is 2.81. The van der Waals surface area contributed by atoms with Gasteiger partial charge in [-0.05, 0) is 45.2 Å². The summed E-state index contributed by atoms with van der Waals surface area (Å²) in [5.74, 6) is -0.482. The van der Waals surface area contributed by atoms with E-state index in [0.717, 1.165) is 12.8 Å². The molecule has 1 saturated carbocycles. The highest BCUT2D eigenvalue weighted by Crippen LogP contribution is 2.52. The Hall–Kier alpha value is -2.57. The van der Waals surface area contributed by atoms with Gasteiger partial charge in [-0.3, -0.25) is 9.59 Å². The standard InChI is InChI=1S/C19H23N3O4/c1-18(2,3)26-17(25)20-14-12-6-4-5-7-13(12)15(23)21-10-19(8-9-19)11-22(21)16(14)24/h4-7,14H,8-11H2,1-3H3,(H,20,25)/t14-/m0/s1. The molecule has 138 valence electrons. The van der Waals surface area contributed by atoms with Crippen molar-refractivity contribution < 1.29 is 19.1 Å². The van der Waals surface area contributed by atoms with E-state index in [1.807, 2.05) is 0 Å². The van der Waals surface area contributed by atoms with Gasteiger partial charge >= 0.3 is 6.09 Å². The molecule has 1 saturated heterocycles. The summed E-state index contributed by atoms with van der Waals surface area (Å²) in [6, 6.07) is 6.00. The van der Waals surface area contributed by atoms with Crippen molar-refractivity contribution in [2.24, 2.45) is 5.41 Å². The van der Waals surface area contributed by atoms with Crippen molar-refractivity contribution in [2.45, 2.75) is 45.3 Å². The third-order valence-corrected chi connectivity index (χ3v) is 5.12. The third-order valence-electron chi connectivity index (χ3n) is 5.12. The van der Waals surface area contributed by atoms with E-state index in [2.05, 4.69) is 5.32 Å². The van der Waals surface area contributed by atoms with Crippen LogP contribution in [0.2, 0.25) is 0 Å². The number of rotatable bonds is 1. The van der Waals surface area contributed by atoms with Gasteiger partial charge in [0.25, 0.3) is 11.8 Å². The summed E-state index contributed by atoms with van der Waals surface area (Å²) in [6.07, 6.45) is 1.37. The molecule has 1 N–H and O–H groups in total. The molecule has 1 aromatic carbocycles. The lowest BCUT2D eigenvalue weighted by atomic mass is 9.98. The number of ether oxygens (including phenoxy) is 1. The lowest BCUT2D eigenvalue weighted by Crippen LogP contribution is -2.47. The van der Waals surface area contributed by atoms with Crippen LogP contribution in [0.5, 0.6) is 0 Å². The minimum atomic E-state index is -0.941. The fourth-order valence-electron chi connectivity index (χ4n) is 3.66. The average Bonchev–Trinajstić information content (AvgIpc) is 3.21. The molecule has 7 nitrogen and oxygen atoms in total. The van der Waals surface area contributed by atoms with Crippen molar-refractivity contribution in [3.63, 3.8) is 0 Å². The van der Waals surface area contributed by atoms with Crippen molar-refractivity contribution in [1.82, 2.24) is 15.3 Å². The molecule has 3 aliphatic rings. The van der Waals surface area contributed by atoms with Gasteiger partial charge in [-0.1, -0.05) is 18.2 Å².